The Labute approximate surface area is 138 Å². The molecular weight excluding hydrogens is 316 g/mol. The molecule has 0 bridgehead atoms. The number of likely N-dealkylation sites (tertiary alicyclic amines) is 1. The fourth-order valence-electron chi connectivity index (χ4n) is 2.53. The van der Waals surface area contributed by atoms with E-state index in [0.29, 0.717) is 35.8 Å². The van der Waals surface area contributed by atoms with E-state index in [4.69, 9.17) is 4.52 Å². The molecule has 0 aliphatic carbocycles. The molecule has 1 atom stereocenters. The minimum Gasteiger partial charge on any atom is -0.339 e. The Bertz CT molecular complexity index is 682. The number of anilines is 1. The summed E-state index contributed by atoms with van der Waals surface area (Å²) in [6.45, 7) is 7.14. The zero-order chi connectivity index (χ0) is 16.4. The quantitative estimate of drug-likeness (QED) is 0.925. The normalized spacial score (nSPS) is 18.4. The van der Waals surface area contributed by atoms with Crippen LogP contribution in [-0.2, 0) is 0 Å². The van der Waals surface area contributed by atoms with E-state index in [1.54, 1.807) is 11.8 Å². The largest absolute Gasteiger partial charge is 0.339 e. The number of hydrogen-bond donors (Lipinski definition) is 1. The van der Waals surface area contributed by atoms with E-state index >= 15 is 0 Å². The molecule has 1 aliphatic heterocycles. The fourth-order valence-corrected chi connectivity index (χ4v) is 3.09. The van der Waals surface area contributed by atoms with Crippen LogP contribution >= 0.6 is 11.5 Å². The van der Waals surface area contributed by atoms with E-state index in [1.165, 1.54) is 11.5 Å². The summed E-state index contributed by atoms with van der Waals surface area (Å²) in [5, 5.41) is 7.33. The van der Waals surface area contributed by atoms with Gasteiger partial charge in [0.1, 0.15) is 5.82 Å². The summed E-state index contributed by atoms with van der Waals surface area (Å²) in [6.07, 6.45) is 1.86. The first kappa shape index (κ1) is 15.9. The first-order chi connectivity index (χ1) is 11.0. The number of nitrogens with zero attached hydrogens (tertiary/aromatic N) is 5. The number of piperidine rings is 1. The zero-order valence-corrected chi connectivity index (χ0v) is 14.3. The summed E-state index contributed by atoms with van der Waals surface area (Å²) in [7, 11) is 0. The average Bonchev–Trinajstić information content (AvgIpc) is 3.17. The lowest BCUT2D eigenvalue weighted by Crippen LogP contribution is -2.41. The second kappa shape index (κ2) is 6.61. The van der Waals surface area contributed by atoms with Crippen LogP contribution in [0.3, 0.4) is 0 Å². The maximum atomic E-state index is 12.4. The van der Waals surface area contributed by atoms with E-state index < -0.39 is 0 Å². The molecule has 2 amide bonds. The molecule has 3 heterocycles. The number of carbonyl (C=O) groups is 1. The monoisotopic (exact) mass is 336 g/mol. The van der Waals surface area contributed by atoms with Gasteiger partial charge in [-0.05, 0) is 19.8 Å². The molecule has 0 spiro atoms. The molecule has 1 aliphatic rings. The number of nitrogens with one attached hydrogen (secondary N) is 1. The molecule has 2 aromatic heterocycles. The van der Waals surface area contributed by atoms with Crippen LogP contribution in [0.2, 0.25) is 0 Å². The van der Waals surface area contributed by atoms with Gasteiger partial charge in [0.05, 0.1) is 5.92 Å². The number of aryl methyl sites for hydroxylation is 1. The van der Waals surface area contributed by atoms with E-state index in [1.807, 2.05) is 13.8 Å². The van der Waals surface area contributed by atoms with Crippen LogP contribution < -0.4 is 5.32 Å². The molecule has 9 heteroatoms. The van der Waals surface area contributed by atoms with Crippen LogP contribution in [-0.4, -0.2) is 43.5 Å². The van der Waals surface area contributed by atoms with Gasteiger partial charge < -0.3 is 9.42 Å². The van der Waals surface area contributed by atoms with Crippen LogP contribution in [0.25, 0.3) is 0 Å². The first-order valence-corrected chi connectivity index (χ1v) is 8.50. The van der Waals surface area contributed by atoms with Crippen molar-refractivity contribution in [2.45, 2.75) is 45.4 Å². The summed E-state index contributed by atoms with van der Waals surface area (Å²) in [4.78, 5) is 22.7. The summed E-state index contributed by atoms with van der Waals surface area (Å²) in [5.41, 5.74) is 0. The van der Waals surface area contributed by atoms with Gasteiger partial charge in [-0.15, -0.1) is 0 Å². The van der Waals surface area contributed by atoms with Crippen molar-refractivity contribution in [2.75, 3.05) is 18.4 Å². The van der Waals surface area contributed by atoms with Crippen molar-refractivity contribution >= 4 is 22.7 Å². The molecule has 124 valence electrons. The molecular formula is C14H20N6O2S. The van der Waals surface area contributed by atoms with Gasteiger partial charge in [-0.3, -0.25) is 5.32 Å². The van der Waals surface area contributed by atoms with Gasteiger partial charge in [-0.2, -0.15) is 9.36 Å². The number of hydrogen-bond acceptors (Lipinski definition) is 7. The minimum absolute atomic E-state index is 0.0886. The lowest BCUT2D eigenvalue weighted by Gasteiger charge is -2.30. The Morgan fingerprint density at radius 1 is 1.43 bits per heavy atom. The van der Waals surface area contributed by atoms with Gasteiger partial charge in [0.2, 0.25) is 11.0 Å². The van der Waals surface area contributed by atoms with Crippen molar-refractivity contribution in [1.29, 1.82) is 0 Å². The summed E-state index contributed by atoms with van der Waals surface area (Å²) in [6, 6.07) is -0.158. The molecule has 0 saturated carbocycles. The van der Waals surface area contributed by atoms with Crippen molar-refractivity contribution in [2.24, 2.45) is 0 Å². The maximum absolute atomic E-state index is 12.4. The van der Waals surface area contributed by atoms with Gasteiger partial charge in [-0.25, -0.2) is 9.78 Å². The van der Waals surface area contributed by atoms with Crippen molar-refractivity contribution < 1.29 is 9.32 Å². The summed E-state index contributed by atoms with van der Waals surface area (Å²) >= 11 is 1.18. The Morgan fingerprint density at radius 3 is 2.91 bits per heavy atom. The molecule has 2 aromatic rings. The Hall–Kier alpha value is -2.03. The first-order valence-electron chi connectivity index (χ1n) is 7.72. The highest BCUT2D eigenvalue weighted by atomic mass is 32.1. The molecule has 23 heavy (non-hydrogen) atoms. The number of urea groups is 1. The molecule has 0 aromatic carbocycles. The fraction of sp³-hybridized carbons (Fsp3) is 0.643. The smallest absolute Gasteiger partial charge is 0.323 e. The van der Waals surface area contributed by atoms with E-state index in [2.05, 4.69) is 24.8 Å². The zero-order valence-electron chi connectivity index (χ0n) is 13.4. The molecule has 1 N–H and O–H groups in total. The lowest BCUT2D eigenvalue weighted by atomic mass is 9.98. The average molecular weight is 336 g/mol. The highest BCUT2D eigenvalue weighted by molar-refractivity contribution is 7.09. The number of aromatic nitrogens is 4. The molecule has 0 radical (unpaired) electrons. The Kier molecular flexibility index (Phi) is 4.56. The SMILES string of the molecule is Cc1nsc(NC(=O)N2CCCC(c3nc(C(C)C)no3)C2)n1. The third kappa shape index (κ3) is 3.66. The molecule has 1 unspecified atom stereocenters. The van der Waals surface area contributed by atoms with Crippen LogP contribution in [0.4, 0.5) is 9.93 Å². The lowest BCUT2D eigenvalue weighted by molar-refractivity contribution is 0.184. The van der Waals surface area contributed by atoms with E-state index in [9.17, 15) is 4.79 Å². The Morgan fingerprint density at radius 2 is 2.26 bits per heavy atom. The third-order valence-corrected chi connectivity index (χ3v) is 4.49. The third-order valence-electron chi connectivity index (χ3n) is 3.77. The van der Waals surface area contributed by atoms with Crippen LogP contribution in [0.1, 0.15) is 56.1 Å². The highest BCUT2D eigenvalue weighted by Crippen LogP contribution is 2.27. The summed E-state index contributed by atoms with van der Waals surface area (Å²) < 4.78 is 9.44. The molecule has 8 nitrogen and oxygen atoms in total. The van der Waals surface area contributed by atoms with Crippen molar-refractivity contribution in [3.05, 3.63) is 17.5 Å². The predicted octanol–water partition coefficient (Wildman–Crippen LogP) is 2.76. The second-order valence-corrected chi connectivity index (χ2v) is 6.76. The molecule has 3 rings (SSSR count). The van der Waals surface area contributed by atoms with Gasteiger partial charge in [0.25, 0.3) is 0 Å². The number of amides is 2. The standard InChI is InChI=1S/C14H20N6O2S/c1-8(2)11-16-12(22-18-11)10-5-4-6-20(7-10)14(21)17-13-15-9(3)19-23-13/h8,10H,4-7H2,1-3H3,(H,15,17,19,21). The van der Waals surface area contributed by atoms with Gasteiger partial charge in [0.15, 0.2) is 5.82 Å². The van der Waals surface area contributed by atoms with Gasteiger partial charge in [-0.1, -0.05) is 19.0 Å². The number of carbonyl (C=O) groups excluding carboxylic acids is 1. The second-order valence-electron chi connectivity index (χ2n) is 6.01. The van der Waals surface area contributed by atoms with Crippen LogP contribution in [0.5, 0.6) is 0 Å². The molecule has 1 fully saturated rings. The van der Waals surface area contributed by atoms with E-state index in [0.717, 1.165) is 12.8 Å². The topological polar surface area (TPSA) is 97.0 Å². The van der Waals surface area contributed by atoms with Gasteiger partial charge >= 0.3 is 6.03 Å². The van der Waals surface area contributed by atoms with Crippen LogP contribution in [0, 0.1) is 6.92 Å². The summed E-state index contributed by atoms with van der Waals surface area (Å²) in [5.74, 6) is 2.32. The van der Waals surface area contributed by atoms with E-state index in [-0.39, 0.29) is 17.9 Å². The van der Waals surface area contributed by atoms with Crippen molar-refractivity contribution in [3.8, 4) is 0 Å². The van der Waals surface area contributed by atoms with Crippen molar-refractivity contribution in [1.82, 2.24) is 24.4 Å². The minimum atomic E-state index is -0.158. The molecule has 1 saturated heterocycles. The maximum Gasteiger partial charge on any atom is 0.323 e. The van der Waals surface area contributed by atoms with Crippen LogP contribution in [0.15, 0.2) is 4.52 Å². The van der Waals surface area contributed by atoms with Gasteiger partial charge in [0, 0.05) is 30.5 Å². The predicted molar refractivity (Wildman–Crippen MR) is 85.6 cm³/mol. The number of rotatable bonds is 3. The highest BCUT2D eigenvalue weighted by Gasteiger charge is 2.29. The van der Waals surface area contributed by atoms with Crippen molar-refractivity contribution in [3.63, 3.8) is 0 Å². The Balaban J connectivity index is 1.64.